The maximum Gasteiger partial charge on any atom is 0.192 e. The van der Waals surface area contributed by atoms with E-state index in [4.69, 9.17) is 23.1 Å². The summed E-state index contributed by atoms with van der Waals surface area (Å²) in [5.41, 5.74) is 23.5. The fourth-order valence-corrected chi connectivity index (χ4v) is 3.01. The zero-order valence-corrected chi connectivity index (χ0v) is 13.6. The third-order valence-electron chi connectivity index (χ3n) is 4.45. The first-order valence-corrected chi connectivity index (χ1v) is 7.52. The van der Waals surface area contributed by atoms with Gasteiger partial charge in [0.2, 0.25) is 0 Å². The molecule has 6 nitrogen and oxygen atoms in total. The van der Waals surface area contributed by atoms with E-state index in [1.54, 1.807) is 18.2 Å². The quantitative estimate of drug-likeness (QED) is 0.380. The Morgan fingerprint density at radius 1 is 1.04 bits per heavy atom. The normalized spacial score (nSPS) is 18.1. The highest BCUT2D eigenvalue weighted by Crippen LogP contribution is 2.38. The van der Waals surface area contributed by atoms with Crippen LogP contribution in [0.1, 0.15) is 38.7 Å². The van der Waals surface area contributed by atoms with Crippen molar-refractivity contribution in [2.24, 2.45) is 11.6 Å². The summed E-state index contributed by atoms with van der Waals surface area (Å²) in [5.74, 6) is 5.29. The maximum absolute atomic E-state index is 12.7. The lowest BCUT2D eigenvalue weighted by Crippen LogP contribution is -2.10. The highest BCUT2D eigenvalue weighted by atomic mass is 16.6. The van der Waals surface area contributed by atoms with E-state index in [1.165, 1.54) is 0 Å². The first-order chi connectivity index (χ1) is 11.3. The first kappa shape index (κ1) is 16.0. The molecule has 2 aromatic rings. The molecule has 124 valence electrons. The van der Waals surface area contributed by atoms with Crippen LogP contribution in [0.5, 0.6) is 5.75 Å². The SMILES string of the molecule is Cc1cc2c(cc1C)C(N)/C(=C\c1cc(N)c(ON)c(N)c1)C2=O. The Labute approximate surface area is 140 Å². The van der Waals surface area contributed by atoms with E-state index in [0.29, 0.717) is 28.1 Å². The number of nitrogen functional groups attached to an aromatic ring is 2. The molecule has 1 atom stereocenters. The number of Topliss-reactive ketones (excluding diaryl/α,β-unsaturated/α-hetero) is 1. The lowest BCUT2D eigenvalue weighted by Gasteiger charge is -2.10. The van der Waals surface area contributed by atoms with Crippen molar-refractivity contribution in [3.63, 3.8) is 0 Å². The van der Waals surface area contributed by atoms with Gasteiger partial charge in [-0.25, -0.2) is 0 Å². The smallest absolute Gasteiger partial charge is 0.192 e. The van der Waals surface area contributed by atoms with E-state index in [9.17, 15) is 4.79 Å². The number of fused-ring (bicyclic) bond motifs is 1. The Balaban J connectivity index is 2.08. The summed E-state index contributed by atoms with van der Waals surface area (Å²) < 4.78 is 0. The van der Waals surface area contributed by atoms with Gasteiger partial charge in [-0.2, -0.15) is 5.90 Å². The van der Waals surface area contributed by atoms with E-state index < -0.39 is 6.04 Å². The van der Waals surface area contributed by atoms with Crippen molar-refractivity contribution in [1.82, 2.24) is 0 Å². The lowest BCUT2D eigenvalue weighted by molar-refractivity contribution is 0.103. The van der Waals surface area contributed by atoms with Gasteiger partial charge in [-0.3, -0.25) is 4.79 Å². The second-order valence-electron chi connectivity index (χ2n) is 6.08. The minimum atomic E-state index is -0.473. The van der Waals surface area contributed by atoms with Crippen molar-refractivity contribution in [3.8, 4) is 5.75 Å². The molecule has 1 aliphatic rings. The highest BCUT2D eigenvalue weighted by molar-refractivity contribution is 6.16. The summed E-state index contributed by atoms with van der Waals surface area (Å²) in [7, 11) is 0. The molecule has 0 saturated heterocycles. The number of anilines is 2. The minimum absolute atomic E-state index is 0.0723. The highest BCUT2D eigenvalue weighted by Gasteiger charge is 2.32. The standard InChI is InChI=1S/C18H20N4O2/c1-8-3-11-12(4-9(8)2)17(23)13(16(11)21)5-10-6-14(19)18(24-22)15(20)7-10/h3-7,16H,19-22H2,1-2H3/b13-5+. The summed E-state index contributed by atoms with van der Waals surface area (Å²) in [6, 6.07) is 6.68. The Morgan fingerprint density at radius 3 is 2.21 bits per heavy atom. The molecule has 0 radical (unpaired) electrons. The van der Waals surface area contributed by atoms with Crippen molar-refractivity contribution in [2.45, 2.75) is 19.9 Å². The largest absolute Gasteiger partial charge is 0.407 e. The van der Waals surface area contributed by atoms with Crippen LogP contribution in [0.2, 0.25) is 0 Å². The fourth-order valence-electron chi connectivity index (χ4n) is 3.01. The maximum atomic E-state index is 12.7. The summed E-state index contributed by atoms with van der Waals surface area (Å²) in [6.45, 7) is 3.98. The van der Waals surface area contributed by atoms with Gasteiger partial charge in [-0.05, 0) is 60.4 Å². The number of ketones is 1. The van der Waals surface area contributed by atoms with E-state index in [-0.39, 0.29) is 11.5 Å². The van der Waals surface area contributed by atoms with Crippen molar-refractivity contribution in [2.75, 3.05) is 11.5 Å². The van der Waals surface area contributed by atoms with Crippen molar-refractivity contribution in [1.29, 1.82) is 0 Å². The molecule has 0 heterocycles. The molecule has 0 aliphatic heterocycles. The zero-order chi connectivity index (χ0) is 17.6. The van der Waals surface area contributed by atoms with Crippen LogP contribution in [0.25, 0.3) is 6.08 Å². The van der Waals surface area contributed by atoms with Crippen LogP contribution in [0, 0.1) is 13.8 Å². The topological polar surface area (TPSA) is 130 Å². The molecule has 1 unspecified atom stereocenters. The van der Waals surface area contributed by atoms with Gasteiger partial charge in [0.1, 0.15) is 0 Å². The van der Waals surface area contributed by atoms with Crippen LogP contribution in [0.3, 0.4) is 0 Å². The zero-order valence-electron chi connectivity index (χ0n) is 13.6. The third kappa shape index (κ3) is 2.42. The molecule has 0 amide bonds. The second kappa shape index (κ2) is 5.67. The van der Waals surface area contributed by atoms with Crippen LogP contribution in [-0.2, 0) is 0 Å². The van der Waals surface area contributed by atoms with Crippen LogP contribution in [-0.4, -0.2) is 5.78 Å². The van der Waals surface area contributed by atoms with Gasteiger partial charge in [0.05, 0.1) is 17.4 Å². The number of rotatable bonds is 2. The summed E-state index contributed by atoms with van der Waals surface area (Å²) in [5, 5.41) is 0. The summed E-state index contributed by atoms with van der Waals surface area (Å²) >= 11 is 0. The number of aryl methyl sites for hydroxylation is 2. The first-order valence-electron chi connectivity index (χ1n) is 7.52. The van der Waals surface area contributed by atoms with Gasteiger partial charge in [-0.15, -0.1) is 0 Å². The minimum Gasteiger partial charge on any atom is -0.407 e. The van der Waals surface area contributed by atoms with Crippen LogP contribution in [0.4, 0.5) is 11.4 Å². The Kier molecular flexibility index (Phi) is 3.79. The molecule has 3 rings (SSSR count). The number of hydrogen-bond acceptors (Lipinski definition) is 6. The third-order valence-corrected chi connectivity index (χ3v) is 4.45. The van der Waals surface area contributed by atoms with E-state index in [1.807, 2.05) is 26.0 Å². The summed E-state index contributed by atoms with van der Waals surface area (Å²) in [6.07, 6.45) is 1.71. The van der Waals surface area contributed by atoms with Crippen LogP contribution < -0.4 is 27.9 Å². The number of benzene rings is 2. The molecular weight excluding hydrogens is 304 g/mol. The van der Waals surface area contributed by atoms with Crippen molar-refractivity contribution >= 4 is 23.2 Å². The van der Waals surface area contributed by atoms with Gasteiger partial charge in [0.15, 0.2) is 11.5 Å². The second-order valence-corrected chi connectivity index (χ2v) is 6.08. The molecular formula is C18H20N4O2. The number of carbonyl (C=O) groups is 1. The van der Waals surface area contributed by atoms with Gasteiger partial charge in [0, 0.05) is 11.1 Å². The Morgan fingerprint density at radius 2 is 1.62 bits per heavy atom. The number of nitrogens with two attached hydrogens (primary N) is 4. The molecule has 24 heavy (non-hydrogen) atoms. The molecule has 0 bridgehead atoms. The average molecular weight is 324 g/mol. The van der Waals surface area contributed by atoms with Gasteiger partial charge in [-0.1, -0.05) is 6.07 Å². The molecule has 0 aromatic heterocycles. The molecule has 0 spiro atoms. The van der Waals surface area contributed by atoms with E-state index >= 15 is 0 Å². The van der Waals surface area contributed by atoms with Crippen molar-refractivity contribution in [3.05, 3.63) is 57.7 Å². The molecule has 6 heteroatoms. The molecule has 1 aliphatic carbocycles. The molecule has 0 fully saturated rings. The number of carbonyl (C=O) groups excluding carboxylic acids is 1. The average Bonchev–Trinajstić information content (AvgIpc) is 2.73. The van der Waals surface area contributed by atoms with Gasteiger partial charge < -0.3 is 22.0 Å². The van der Waals surface area contributed by atoms with E-state index in [0.717, 1.165) is 16.7 Å². The van der Waals surface area contributed by atoms with Crippen LogP contribution in [0.15, 0.2) is 29.8 Å². The fraction of sp³-hybridized carbons (Fsp3) is 0.167. The Bertz CT molecular complexity index is 864. The Hall–Kier alpha value is -2.83. The molecule has 0 saturated carbocycles. The summed E-state index contributed by atoms with van der Waals surface area (Å²) in [4.78, 5) is 17.4. The monoisotopic (exact) mass is 324 g/mol. The molecule has 2 aromatic carbocycles. The van der Waals surface area contributed by atoms with Crippen LogP contribution >= 0.6 is 0 Å². The van der Waals surface area contributed by atoms with Gasteiger partial charge >= 0.3 is 0 Å². The number of hydrogen-bond donors (Lipinski definition) is 4. The predicted octanol–water partition coefficient (Wildman–Crippen LogP) is 2.00. The van der Waals surface area contributed by atoms with Crippen molar-refractivity contribution < 1.29 is 9.63 Å². The molecule has 8 N–H and O–H groups in total. The predicted molar refractivity (Wildman–Crippen MR) is 95.2 cm³/mol. The lowest BCUT2D eigenvalue weighted by atomic mass is 10.0. The van der Waals surface area contributed by atoms with Gasteiger partial charge in [0.25, 0.3) is 0 Å². The van der Waals surface area contributed by atoms with E-state index in [2.05, 4.69) is 4.84 Å².